The molecular weight excluding hydrogens is 596 g/mol. The van der Waals surface area contributed by atoms with Crippen molar-refractivity contribution < 1.29 is 19.0 Å². The Balaban J connectivity index is 1.53. The smallest absolute Gasteiger partial charge is 0.338 e. The van der Waals surface area contributed by atoms with Gasteiger partial charge in [-0.15, -0.1) is 0 Å². The molecule has 1 aliphatic heterocycles. The Kier molecular flexibility index (Phi) is 8.37. The lowest BCUT2D eigenvalue weighted by molar-refractivity contribution is -0.139. The fourth-order valence-corrected chi connectivity index (χ4v) is 6.67. The number of para-hydroxylation sites is 1. The molecule has 0 fully saturated rings. The van der Waals surface area contributed by atoms with Gasteiger partial charge < -0.3 is 14.2 Å². The second-order valence-electron chi connectivity index (χ2n) is 10.1. The molecule has 44 heavy (non-hydrogen) atoms. The highest BCUT2D eigenvalue weighted by molar-refractivity contribution is 7.07. The Morgan fingerprint density at radius 3 is 2.55 bits per heavy atom. The highest BCUT2D eigenvalue weighted by atomic mass is 35.5. The van der Waals surface area contributed by atoms with Crippen molar-refractivity contribution in [3.8, 4) is 11.5 Å². The molecular formula is C35H29ClN2O5S. The van der Waals surface area contributed by atoms with Crippen LogP contribution >= 0.6 is 22.9 Å². The van der Waals surface area contributed by atoms with Crippen LogP contribution in [-0.4, -0.2) is 24.3 Å². The number of carbonyl (C=O) groups is 1. The molecule has 1 aliphatic rings. The Labute approximate surface area is 262 Å². The molecule has 5 aromatic rings. The summed E-state index contributed by atoms with van der Waals surface area (Å²) in [6.45, 7) is 3.98. The predicted molar refractivity (Wildman–Crippen MR) is 173 cm³/mol. The Bertz CT molecular complexity index is 2110. The lowest BCUT2D eigenvalue weighted by Gasteiger charge is -2.27. The van der Waals surface area contributed by atoms with Crippen LogP contribution in [-0.2, 0) is 16.1 Å². The summed E-state index contributed by atoms with van der Waals surface area (Å²) < 4.78 is 19.5. The first-order valence-corrected chi connectivity index (χ1v) is 15.3. The average Bonchev–Trinajstić information content (AvgIpc) is 3.33. The topological polar surface area (TPSA) is 79.1 Å². The van der Waals surface area contributed by atoms with E-state index < -0.39 is 12.0 Å². The van der Waals surface area contributed by atoms with Crippen molar-refractivity contribution in [1.82, 2.24) is 4.57 Å². The number of fused-ring (bicyclic) bond motifs is 2. The van der Waals surface area contributed by atoms with Crippen LogP contribution in [0, 0.1) is 0 Å². The van der Waals surface area contributed by atoms with E-state index in [1.165, 1.54) is 11.3 Å². The predicted octanol–water partition coefficient (Wildman–Crippen LogP) is 6.19. The van der Waals surface area contributed by atoms with Gasteiger partial charge in [0, 0.05) is 21.7 Å². The maximum atomic E-state index is 14.3. The molecule has 0 saturated heterocycles. The second kappa shape index (κ2) is 12.5. The zero-order valence-electron chi connectivity index (χ0n) is 24.4. The van der Waals surface area contributed by atoms with Gasteiger partial charge in [0.15, 0.2) is 4.80 Å². The molecule has 0 bridgehead atoms. The molecule has 222 valence electrons. The van der Waals surface area contributed by atoms with Gasteiger partial charge in [-0.1, -0.05) is 89.7 Å². The number of esters is 1. The van der Waals surface area contributed by atoms with Crippen LogP contribution in [0.1, 0.15) is 36.6 Å². The zero-order valence-corrected chi connectivity index (χ0v) is 25.9. The molecule has 0 aliphatic carbocycles. The quantitative estimate of drug-likeness (QED) is 0.192. The van der Waals surface area contributed by atoms with Gasteiger partial charge in [-0.25, -0.2) is 9.79 Å². The highest BCUT2D eigenvalue weighted by Gasteiger charge is 2.36. The minimum Gasteiger partial charge on any atom is -0.496 e. The van der Waals surface area contributed by atoms with Crippen LogP contribution in [0.4, 0.5) is 0 Å². The Morgan fingerprint density at radius 2 is 1.75 bits per heavy atom. The third-order valence-corrected chi connectivity index (χ3v) is 8.84. The number of allylic oxidation sites excluding steroid dienone is 1. The van der Waals surface area contributed by atoms with Gasteiger partial charge >= 0.3 is 5.97 Å². The summed E-state index contributed by atoms with van der Waals surface area (Å²) in [5.74, 6) is 0.633. The first-order valence-electron chi connectivity index (χ1n) is 14.1. The van der Waals surface area contributed by atoms with Crippen LogP contribution in [0.3, 0.4) is 0 Å². The zero-order chi connectivity index (χ0) is 30.8. The maximum absolute atomic E-state index is 14.3. The summed E-state index contributed by atoms with van der Waals surface area (Å²) in [5, 5.41) is 2.43. The number of rotatable bonds is 8. The van der Waals surface area contributed by atoms with Crippen molar-refractivity contribution in [2.45, 2.75) is 26.5 Å². The summed E-state index contributed by atoms with van der Waals surface area (Å²) in [6.07, 6.45) is 1.80. The highest BCUT2D eigenvalue weighted by Crippen LogP contribution is 2.40. The van der Waals surface area contributed by atoms with Gasteiger partial charge in [0.2, 0.25) is 0 Å². The third kappa shape index (κ3) is 5.42. The number of carbonyl (C=O) groups excluding carboxylic acids is 1. The van der Waals surface area contributed by atoms with E-state index in [1.807, 2.05) is 84.9 Å². The van der Waals surface area contributed by atoms with E-state index in [0.717, 1.165) is 21.9 Å². The van der Waals surface area contributed by atoms with Gasteiger partial charge in [-0.3, -0.25) is 9.36 Å². The van der Waals surface area contributed by atoms with Crippen LogP contribution in [0.15, 0.2) is 106 Å². The monoisotopic (exact) mass is 624 g/mol. The van der Waals surface area contributed by atoms with E-state index in [-0.39, 0.29) is 18.8 Å². The van der Waals surface area contributed by atoms with E-state index in [4.69, 9.17) is 30.8 Å². The largest absolute Gasteiger partial charge is 0.496 e. The van der Waals surface area contributed by atoms with Gasteiger partial charge in [0.25, 0.3) is 5.56 Å². The minimum atomic E-state index is -0.819. The van der Waals surface area contributed by atoms with Crippen LogP contribution in [0.25, 0.3) is 16.8 Å². The molecule has 4 aromatic carbocycles. The van der Waals surface area contributed by atoms with Crippen LogP contribution in [0.5, 0.6) is 11.5 Å². The summed E-state index contributed by atoms with van der Waals surface area (Å²) in [7, 11) is 1.58. The molecule has 0 saturated carbocycles. The molecule has 9 heteroatoms. The Morgan fingerprint density at radius 1 is 1.00 bits per heavy atom. The molecule has 1 atom stereocenters. The van der Waals surface area contributed by atoms with Gasteiger partial charge in [-0.2, -0.15) is 0 Å². The molecule has 0 spiro atoms. The average molecular weight is 625 g/mol. The number of thiazole rings is 1. The summed E-state index contributed by atoms with van der Waals surface area (Å²) in [5.41, 5.74) is 2.77. The molecule has 0 N–H and O–H groups in total. The van der Waals surface area contributed by atoms with E-state index >= 15 is 0 Å². The fourth-order valence-electron chi connectivity index (χ4n) is 5.44. The number of nitrogens with zero attached hydrogens (tertiary/aromatic N) is 2. The van der Waals surface area contributed by atoms with Crippen molar-refractivity contribution in [3.05, 3.63) is 138 Å². The minimum absolute atomic E-state index is 0.185. The standard InChI is InChI=1S/C35H29ClN2O5S/c1-4-42-34(40)30-21(2)37-35-38(32(30)31-25-14-8-5-11-22(25)17-18-28(31)41-3)33(39)29(44-35)19-23-12-7-10-16-27(23)43-20-24-13-6-9-15-26(24)36/h5-19,32H,4,20H2,1-3H3/b29-19+/t32-/m0/s1. The number of halogens is 1. The van der Waals surface area contributed by atoms with Crippen LogP contribution < -0.4 is 24.4 Å². The first-order chi connectivity index (χ1) is 21.4. The van der Waals surface area contributed by atoms with E-state index in [0.29, 0.717) is 42.7 Å². The number of ether oxygens (including phenoxy) is 3. The lowest BCUT2D eigenvalue weighted by Crippen LogP contribution is -2.40. The van der Waals surface area contributed by atoms with Crippen molar-refractivity contribution in [2.75, 3.05) is 13.7 Å². The second-order valence-corrected chi connectivity index (χ2v) is 11.5. The van der Waals surface area contributed by atoms with E-state index in [2.05, 4.69) is 0 Å². The van der Waals surface area contributed by atoms with Gasteiger partial charge in [-0.05, 0) is 48.9 Å². The number of hydrogen-bond acceptors (Lipinski definition) is 7. The normalized spacial score (nSPS) is 14.7. The molecule has 0 amide bonds. The summed E-state index contributed by atoms with van der Waals surface area (Å²) in [6, 6.07) is 25.8. The maximum Gasteiger partial charge on any atom is 0.338 e. The van der Waals surface area contributed by atoms with Crippen molar-refractivity contribution >= 4 is 45.8 Å². The number of aromatic nitrogens is 1. The van der Waals surface area contributed by atoms with E-state index in [1.54, 1.807) is 31.6 Å². The lowest BCUT2D eigenvalue weighted by atomic mass is 9.90. The number of hydrogen-bond donors (Lipinski definition) is 0. The molecule has 6 rings (SSSR count). The number of benzene rings is 4. The Hall–Kier alpha value is -4.66. The SMILES string of the molecule is CCOC(=O)C1=C(C)N=c2s/c(=C/c3ccccc3OCc3ccccc3Cl)c(=O)n2[C@@H]1c1c(OC)ccc2ccccc12. The van der Waals surface area contributed by atoms with Crippen molar-refractivity contribution in [2.24, 2.45) is 4.99 Å². The van der Waals surface area contributed by atoms with Gasteiger partial charge in [0.05, 0.1) is 29.5 Å². The van der Waals surface area contributed by atoms with E-state index in [9.17, 15) is 9.59 Å². The fraction of sp³-hybridized carbons (Fsp3) is 0.171. The first kappa shape index (κ1) is 29.4. The van der Waals surface area contributed by atoms with Crippen molar-refractivity contribution in [3.63, 3.8) is 0 Å². The van der Waals surface area contributed by atoms with Crippen LogP contribution in [0.2, 0.25) is 5.02 Å². The van der Waals surface area contributed by atoms with Gasteiger partial charge in [0.1, 0.15) is 24.1 Å². The summed E-state index contributed by atoms with van der Waals surface area (Å²) >= 11 is 7.60. The molecule has 2 heterocycles. The number of methoxy groups -OCH3 is 1. The summed E-state index contributed by atoms with van der Waals surface area (Å²) in [4.78, 5) is 33.0. The molecule has 1 aromatic heterocycles. The van der Waals surface area contributed by atoms with Crippen molar-refractivity contribution in [1.29, 1.82) is 0 Å². The third-order valence-electron chi connectivity index (χ3n) is 7.49. The molecule has 0 unspecified atom stereocenters. The molecule has 0 radical (unpaired) electrons. The molecule has 7 nitrogen and oxygen atoms in total.